The molecule has 0 aliphatic carbocycles. The fourth-order valence-electron chi connectivity index (χ4n) is 1.87. The maximum atomic E-state index is 13.2. The molecule has 0 bridgehead atoms. The molecule has 5 heteroatoms. The van der Waals surface area contributed by atoms with Crippen LogP contribution < -0.4 is 4.74 Å². The van der Waals surface area contributed by atoms with Crippen LogP contribution in [0.1, 0.15) is 24.4 Å². The van der Waals surface area contributed by atoms with Crippen LogP contribution in [0.2, 0.25) is 0 Å². The fourth-order valence-corrected chi connectivity index (χ4v) is 1.87. The molecule has 0 amide bonds. The summed E-state index contributed by atoms with van der Waals surface area (Å²) in [6.45, 7) is 2.01. The molecule has 0 aliphatic rings. The summed E-state index contributed by atoms with van der Waals surface area (Å²) in [5.41, 5.74) is 0.584. The minimum absolute atomic E-state index is 0.378. The van der Waals surface area contributed by atoms with Gasteiger partial charge in [0, 0.05) is 37.5 Å². The van der Waals surface area contributed by atoms with Gasteiger partial charge in [-0.05, 0) is 19.1 Å². The first-order valence-electron chi connectivity index (χ1n) is 6.14. The number of hydrogen-bond donors (Lipinski definition) is 1. The van der Waals surface area contributed by atoms with Crippen LogP contribution in [0.15, 0.2) is 30.6 Å². The monoisotopic (exact) mass is 264 g/mol. The van der Waals surface area contributed by atoms with E-state index < -0.39 is 6.10 Å². The number of nitrogens with zero attached hydrogens (tertiary/aromatic N) is 2. The van der Waals surface area contributed by atoms with Gasteiger partial charge in [-0.2, -0.15) is 0 Å². The normalized spacial score (nSPS) is 12.4. The Morgan fingerprint density at radius 1 is 1.47 bits per heavy atom. The quantitative estimate of drug-likeness (QED) is 0.901. The molecule has 1 heterocycles. The number of aliphatic hydroxyl groups excluding tert-OH is 1. The van der Waals surface area contributed by atoms with Gasteiger partial charge in [0.1, 0.15) is 17.4 Å². The summed E-state index contributed by atoms with van der Waals surface area (Å²) >= 11 is 0. The Morgan fingerprint density at radius 3 is 2.89 bits per heavy atom. The highest BCUT2D eigenvalue weighted by Gasteiger charge is 2.10. The summed E-state index contributed by atoms with van der Waals surface area (Å²) in [6, 6.07) is 4.14. The van der Waals surface area contributed by atoms with Crippen molar-refractivity contribution in [3.63, 3.8) is 0 Å². The maximum absolute atomic E-state index is 13.2. The van der Waals surface area contributed by atoms with Crippen molar-refractivity contribution >= 4 is 0 Å². The van der Waals surface area contributed by atoms with E-state index in [2.05, 4.69) is 4.98 Å². The predicted molar refractivity (Wildman–Crippen MR) is 69.4 cm³/mol. The minimum Gasteiger partial charge on any atom is -0.493 e. The van der Waals surface area contributed by atoms with E-state index in [1.54, 1.807) is 13.1 Å². The van der Waals surface area contributed by atoms with Gasteiger partial charge in [-0.1, -0.05) is 0 Å². The van der Waals surface area contributed by atoms with Gasteiger partial charge in [0.15, 0.2) is 0 Å². The number of aryl methyl sites for hydroxylation is 1. The van der Waals surface area contributed by atoms with Crippen molar-refractivity contribution in [1.82, 2.24) is 9.55 Å². The van der Waals surface area contributed by atoms with Gasteiger partial charge < -0.3 is 14.4 Å². The average molecular weight is 264 g/mol. The molecule has 1 unspecified atom stereocenters. The molecule has 0 fully saturated rings. The van der Waals surface area contributed by atoms with Crippen molar-refractivity contribution in [2.45, 2.75) is 19.4 Å². The molecule has 0 spiro atoms. The summed E-state index contributed by atoms with van der Waals surface area (Å²) in [7, 11) is 1.91. The average Bonchev–Trinajstić information content (AvgIpc) is 2.75. The zero-order valence-corrected chi connectivity index (χ0v) is 11.0. The second-order valence-electron chi connectivity index (χ2n) is 4.41. The van der Waals surface area contributed by atoms with E-state index in [1.165, 1.54) is 18.2 Å². The zero-order chi connectivity index (χ0) is 13.8. The number of rotatable bonds is 5. The van der Waals surface area contributed by atoms with E-state index in [0.717, 1.165) is 5.82 Å². The topological polar surface area (TPSA) is 47.3 Å². The van der Waals surface area contributed by atoms with E-state index in [4.69, 9.17) is 4.74 Å². The lowest BCUT2D eigenvalue weighted by molar-refractivity contribution is 0.191. The number of halogens is 1. The van der Waals surface area contributed by atoms with Crippen molar-refractivity contribution in [2.24, 2.45) is 7.05 Å². The minimum atomic E-state index is -0.691. The number of aromatic nitrogens is 2. The van der Waals surface area contributed by atoms with Crippen LogP contribution in [0.3, 0.4) is 0 Å². The Morgan fingerprint density at radius 2 is 2.26 bits per heavy atom. The lowest BCUT2D eigenvalue weighted by Gasteiger charge is -2.13. The fraction of sp³-hybridized carbons (Fsp3) is 0.357. The highest BCUT2D eigenvalue weighted by Crippen LogP contribution is 2.26. The van der Waals surface area contributed by atoms with Crippen molar-refractivity contribution < 1.29 is 14.2 Å². The highest BCUT2D eigenvalue weighted by molar-refractivity contribution is 5.35. The molecular formula is C14H17FN2O2. The second-order valence-corrected chi connectivity index (χ2v) is 4.41. The lowest BCUT2D eigenvalue weighted by Crippen LogP contribution is -2.08. The van der Waals surface area contributed by atoms with E-state index in [0.29, 0.717) is 24.3 Å². The lowest BCUT2D eigenvalue weighted by atomic mass is 10.1. The van der Waals surface area contributed by atoms with Crippen LogP contribution in [0.25, 0.3) is 0 Å². The largest absolute Gasteiger partial charge is 0.493 e. The van der Waals surface area contributed by atoms with Crippen molar-refractivity contribution in [3.8, 4) is 5.75 Å². The van der Waals surface area contributed by atoms with Gasteiger partial charge in [0.2, 0.25) is 0 Å². The highest BCUT2D eigenvalue weighted by atomic mass is 19.1. The molecular weight excluding hydrogens is 247 g/mol. The van der Waals surface area contributed by atoms with E-state index in [-0.39, 0.29) is 5.82 Å². The SMILES string of the molecule is CC(O)c1ccc(F)cc1OCCc1nccn1C. The van der Waals surface area contributed by atoms with E-state index in [9.17, 15) is 9.50 Å². The van der Waals surface area contributed by atoms with Gasteiger partial charge in [-0.25, -0.2) is 9.37 Å². The molecule has 1 N–H and O–H groups in total. The first kappa shape index (κ1) is 13.5. The van der Waals surface area contributed by atoms with Crippen molar-refractivity contribution in [3.05, 3.63) is 47.8 Å². The zero-order valence-electron chi connectivity index (χ0n) is 11.0. The third kappa shape index (κ3) is 3.32. The number of aliphatic hydroxyl groups is 1. The Hall–Kier alpha value is -1.88. The van der Waals surface area contributed by atoms with Gasteiger partial charge in [0.25, 0.3) is 0 Å². The number of ether oxygens (including phenoxy) is 1. The van der Waals surface area contributed by atoms with Crippen LogP contribution in [0.5, 0.6) is 5.75 Å². The second kappa shape index (κ2) is 5.84. The number of imidazole rings is 1. The third-order valence-corrected chi connectivity index (χ3v) is 2.93. The van der Waals surface area contributed by atoms with Crippen LogP contribution >= 0.6 is 0 Å². The van der Waals surface area contributed by atoms with Crippen LogP contribution in [0, 0.1) is 5.82 Å². The maximum Gasteiger partial charge on any atom is 0.128 e. The molecule has 2 aromatic rings. The Kier molecular flexibility index (Phi) is 4.16. The predicted octanol–water partition coefficient (Wildman–Crippen LogP) is 2.23. The summed E-state index contributed by atoms with van der Waals surface area (Å²) in [6.07, 6.45) is 3.51. The molecule has 1 atom stereocenters. The first-order valence-corrected chi connectivity index (χ1v) is 6.14. The smallest absolute Gasteiger partial charge is 0.128 e. The summed E-state index contributed by atoms with van der Waals surface area (Å²) in [5.74, 6) is 0.899. The summed E-state index contributed by atoms with van der Waals surface area (Å²) in [5, 5.41) is 9.60. The van der Waals surface area contributed by atoms with Gasteiger partial charge in [-0.15, -0.1) is 0 Å². The molecule has 0 radical (unpaired) electrons. The van der Waals surface area contributed by atoms with Crippen LogP contribution in [-0.2, 0) is 13.5 Å². The molecule has 0 aliphatic heterocycles. The first-order chi connectivity index (χ1) is 9.08. The molecule has 4 nitrogen and oxygen atoms in total. The summed E-state index contributed by atoms with van der Waals surface area (Å²) < 4.78 is 20.7. The number of benzene rings is 1. The van der Waals surface area contributed by atoms with Gasteiger partial charge >= 0.3 is 0 Å². The van der Waals surface area contributed by atoms with E-state index >= 15 is 0 Å². The van der Waals surface area contributed by atoms with Crippen LogP contribution in [0.4, 0.5) is 4.39 Å². The van der Waals surface area contributed by atoms with E-state index in [1.807, 2.05) is 17.8 Å². The Balaban J connectivity index is 2.03. The molecule has 19 heavy (non-hydrogen) atoms. The Labute approximate surface area is 111 Å². The summed E-state index contributed by atoms with van der Waals surface area (Å²) in [4.78, 5) is 4.18. The van der Waals surface area contributed by atoms with Crippen molar-refractivity contribution in [2.75, 3.05) is 6.61 Å². The molecule has 0 saturated carbocycles. The standard InChI is InChI=1S/C14H17FN2O2/c1-10(18)12-4-3-11(15)9-13(12)19-8-5-14-16-6-7-17(14)2/h3-4,6-7,9-10,18H,5,8H2,1-2H3. The molecule has 102 valence electrons. The third-order valence-electron chi connectivity index (χ3n) is 2.93. The molecule has 2 rings (SSSR count). The van der Waals surface area contributed by atoms with Crippen LogP contribution in [-0.4, -0.2) is 21.3 Å². The van der Waals surface area contributed by atoms with Gasteiger partial charge in [-0.3, -0.25) is 0 Å². The molecule has 0 saturated heterocycles. The molecule has 1 aromatic heterocycles. The van der Waals surface area contributed by atoms with Crippen molar-refractivity contribution in [1.29, 1.82) is 0 Å². The Bertz CT molecular complexity index is 552. The molecule has 1 aromatic carbocycles. The van der Waals surface area contributed by atoms with Gasteiger partial charge in [0.05, 0.1) is 12.7 Å². The number of hydrogen-bond acceptors (Lipinski definition) is 3.